The highest BCUT2D eigenvalue weighted by Crippen LogP contribution is 2.27. The highest BCUT2D eigenvalue weighted by Gasteiger charge is 2.06. The van der Waals surface area contributed by atoms with Gasteiger partial charge in [-0.1, -0.05) is 41.4 Å². The second kappa shape index (κ2) is 9.25. The SMILES string of the molecule is Cc1ccc(C=CC(=O)NNC(=O)COc2ccc(Cl)cc2Br)cc1. The molecule has 2 aromatic carbocycles. The first kappa shape index (κ1) is 19.0. The van der Waals surface area contributed by atoms with E-state index < -0.39 is 11.8 Å². The molecule has 2 N–H and O–H groups in total. The molecule has 0 aromatic heterocycles. The normalized spacial score (nSPS) is 10.5. The number of carbonyl (C=O) groups excluding carboxylic acids is 2. The van der Waals surface area contributed by atoms with E-state index in [2.05, 4.69) is 26.8 Å². The van der Waals surface area contributed by atoms with Crippen LogP contribution in [0.1, 0.15) is 11.1 Å². The molecule has 0 fully saturated rings. The van der Waals surface area contributed by atoms with Crippen LogP contribution < -0.4 is 15.6 Å². The van der Waals surface area contributed by atoms with Crippen molar-refractivity contribution in [1.29, 1.82) is 0 Å². The predicted molar refractivity (Wildman–Crippen MR) is 101 cm³/mol. The van der Waals surface area contributed by atoms with Gasteiger partial charge in [0.1, 0.15) is 5.75 Å². The van der Waals surface area contributed by atoms with Crippen LogP contribution in [-0.4, -0.2) is 18.4 Å². The lowest BCUT2D eigenvalue weighted by Crippen LogP contribution is -2.43. The molecule has 0 aliphatic carbocycles. The van der Waals surface area contributed by atoms with Crippen LogP contribution in [0.15, 0.2) is 53.0 Å². The van der Waals surface area contributed by atoms with Crippen molar-refractivity contribution in [2.24, 2.45) is 0 Å². The number of amides is 2. The van der Waals surface area contributed by atoms with E-state index in [4.69, 9.17) is 16.3 Å². The van der Waals surface area contributed by atoms with Crippen LogP contribution in [0, 0.1) is 6.92 Å². The van der Waals surface area contributed by atoms with Crippen molar-refractivity contribution in [2.75, 3.05) is 6.61 Å². The van der Waals surface area contributed by atoms with Crippen LogP contribution in [0.3, 0.4) is 0 Å². The molecule has 5 nitrogen and oxygen atoms in total. The first-order valence-electron chi connectivity index (χ1n) is 7.35. The van der Waals surface area contributed by atoms with Gasteiger partial charge >= 0.3 is 0 Å². The minimum Gasteiger partial charge on any atom is -0.483 e. The summed E-state index contributed by atoms with van der Waals surface area (Å²) < 4.78 is 5.98. The lowest BCUT2D eigenvalue weighted by atomic mass is 10.1. The molecule has 25 heavy (non-hydrogen) atoms. The first-order chi connectivity index (χ1) is 11.9. The minimum atomic E-state index is -0.487. The van der Waals surface area contributed by atoms with Gasteiger partial charge in [0, 0.05) is 11.1 Å². The van der Waals surface area contributed by atoms with E-state index in [9.17, 15) is 9.59 Å². The third-order valence-electron chi connectivity index (χ3n) is 3.08. The summed E-state index contributed by atoms with van der Waals surface area (Å²) in [6.07, 6.45) is 2.99. The maximum absolute atomic E-state index is 11.7. The number of hydrazine groups is 1. The van der Waals surface area contributed by atoms with Crippen molar-refractivity contribution in [1.82, 2.24) is 10.9 Å². The Balaban J connectivity index is 1.75. The van der Waals surface area contributed by atoms with Crippen LogP contribution in [0.25, 0.3) is 6.08 Å². The van der Waals surface area contributed by atoms with Crippen LogP contribution in [0.2, 0.25) is 5.02 Å². The summed E-state index contributed by atoms with van der Waals surface area (Å²) in [6.45, 7) is 1.74. The van der Waals surface area contributed by atoms with Crippen LogP contribution in [-0.2, 0) is 9.59 Å². The molecule has 0 saturated heterocycles. The summed E-state index contributed by atoms with van der Waals surface area (Å²) in [4.78, 5) is 23.4. The smallest absolute Gasteiger partial charge is 0.276 e. The van der Waals surface area contributed by atoms with Crippen LogP contribution in [0.5, 0.6) is 5.75 Å². The molecule has 0 unspecified atom stereocenters. The Morgan fingerprint density at radius 1 is 1.16 bits per heavy atom. The van der Waals surface area contributed by atoms with Crippen molar-refractivity contribution >= 4 is 45.4 Å². The van der Waals surface area contributed by atoms with E-state index in [1.54, 1.807) is 24.3 Å². The summed E-state index contributed by atoms with van der Waals surface area (Å²) >= 11 is 9.11. The highest BCUT2D eigenvalue weighted by atomic mass is 79.9. The van der Waals surface area contributed by atoms with Gasteiger partial charge in [0.25, 0.3) is 11.8 Å². The first-order valence-corrected chi connectivity index (χ1v) is 8.52. The third kappa shape index (κ3) is 6.60. The average molecular weight is 424 g/mol. The van der Waals surface area contributed by atoms with Gasteiger partial charge in [-0.25, -0.2) is 0 Å². The number of halogens is 2. The van der Waals surface area contributed by atoms with Crippen molar-refractivity contribution in [3.8, 4) is 5.75 Å². The lowest BCUT2D eigenvalue weighted by molar-refractivity contribution is -0.128. The number of rotatable bonds is 5. The molecule has 0 bridgehead atoms. The van der Waals surface area contributed by atoms with E-state index >= 15 is 0 Å². The summed E-state index contributed by atoms with van der Waals surface area (Å²) in [5.41, 5.74) is 6.59. The van der Waals surface area contributed by atoms with Crippen molar-refractivity contribution in [2.45, 2.75) is 6.92 Å². The Kier molecular flexibility index (Phi) is 7.03. The molecule has 0 radical (unpaired) electrons. The Bertz CT molecular complexity index is 791. The molecule has 0 aliphatic heterocycles. The molecule has 0 atom stereocenters. The summed E-state index contributed by atoms with van der Waals surface area (Å²) in [6, 6.07) is 12.6. The number of hydrogen-bond donors (Lipinski definition) is 2. The third-order valence-corrected chi connectivity index (χ3v) is 3.94. The highest BCUT2D eigenvalue weighted by molar-refractivity contribution is 9.10. The Morgan fingerprint density at radius 2 is 1.88 bits per heavy atom. The van der Waals surface area contributed by atoms with Gasteiger partial charge in [0.2, 0.25) is 0 Å². The fourth-order valence-electron chi connectivity index (χ4n) is 1.79. The Morgan fingerprint density at radius 3 is 2.56 bits per heavy atom. The van der Waals surface area contributed by atoms with Crippen molar-refractivity contribution in [3.05, 3.63) is 69.2 Å². The quantitative estimate of drug-likeness (QED) is 0.570. The van der Waals surface area contributed by atoms with E-state index in [-0.39, 0.29) is 6.61 Å². The fraction of sp³-hybridized carbons (Fsp3) is 0.111. The van der Waals surface area contributed by atoms with Gasteiger partial charge in [0.05, 0.1) is 4.47 Å². The average Bonchev–Trinajstić information content (AvgIpc) is 2.58. The number of benzene rings is 2. The molecule has 0 heterocycles. The lowest BCUT2D eigenvalue weighted by Gasteiger charge is -2.09. The molecule has 130 valence electrons. The van der Waals surface area contributed by atoms with Gasteiger partial charge < -0.3 is 4.74 Å². The van der Waals surface area contributed by atoms with Crippen LogP contribution >= 0.6 is 27.5 Å². The molecule has 0 saturated carbocycles. The maximum atomic E-state index is 11.7. The molecule has 2 rings (SSSR count). The minimum absolute atomic E-state index is 0.248. The molecule has 2 amide bonds. The molecule has 0 spiro atoms. The molecular formula is C18H16BrClN2O3. The van der Waals surface area contributed by atoms with Crippen molar-refractivity contribution in [3.63, 3.8) is 0 Å². The van der Waals surface area contributed by atoms with Gasteiger partial charge in [-0.15, -0.1) is 0 Å². The van der Waals surface area contributed by atoms with Crippen LogP contribution in [0.4, 0.5) is 0 Å². The monoisotopic (exact) mass is 422 g/mol. The number of nitrogens with one attached hydrogen (secondary N) is 2. The van der Waals surface area contributed by atoms with E-state index in [0.29, 0.717) is 15.2 Å². The molecular weight excluding hydrogens is 408 g/mol. The fourth-order valence-corrected chi connectivity index (χ4v) is 2.59. The molecule has 0 aliphatic rings. The topological polar surface area (TPSA) is 67.4 Å². The molecule has 2 aromatic rings. The van der Waals surface area contributed by atoms with E-state index in [1.165, 1.54) is 6.08 Å². The van der Waals surface area contributed by atoms with Gasteiger partial charge in [-0.05, 0) is 52.7 Å². The number of carbonyl (C=O) groups is 2. The van der Waals surface area contributed by atoms with Gasteiger partial charge in [0.15, 0.2) is 6.61 Å². The Hall–Kier alpha value is -2.31. The zero-order chi connectivity index (χ0) is 18.2. The number of ether oxygens (including phenoxy) is 1. The van der Waals surface area contributed by atoms with Crippen molar-refractivity contribution < 1.29 is 14.3 Å². The molecule has 7 heteroatoms. The summed E-state index contributed by atoms with van der Waals surface area (Å²) in [7, 11) is 0. The van der Waals surface area contributed by atoms with Gasteiger partial charge in [-0.3, -0.25) is 20.4 Å². The van der Waals surface area contributed by atoms with E-state index in [1.807, 2.05) is 31.2 Å². The Labute approximate surface area is 159 Å². The zero-order valence-electron chi connectivity index (χ0n) is 13.4. The standard InChI is InChI=1S/C18H16BrClN2O3/c1-12-2-4-13(5-3-12)6-9-17(23)21-22-18(24)11-25-16-8-7-14(20)10-15(16)19/h2-10H,11H2,1H3,(H,21,23)(H,22,24). The maximum Gasteiger partial charge on any atom is 0.276 e. The number of aryl methyl sites for hydroxylation is 1. The summed E-state index contributed by atoms with van der Waals surface area (Å²) in [5.74, 6) is -0.453. The second-order valence-electron chi connectivity index (χ2n) is 5.14. The number of hydrogen-bond acceptors (Lipinski definition) is 3. The predicted octanol–water partition coefficient (Wildman–Crippen LogP) is 3.65. The summed E-state index contributed by atoms with van der Waals surface area (Å²) in [5, 5.41) is 0.552. The van der Waals surface area contributed by atoms with Gasteiger partial charge in [-0.2, -0.15) is 0 Å². The largest absolute Gasteiger partial charge is 0.483 e. The zero-order valence-corrected chi connectivity index (χ0v) is 15.7. The van der Waals surface area contributed by atoms with E-state index in [0.717, 1.165) is 11.1 Å². The second-order valence-corrected chi connectivity index (χ2v) is 6.44.